The Morgan fingerprint density at radius 1 is 1.35 bits per heavy atom. The van der Waals surface area contributed by atoms with Crippen LogP contribution in [0, 0.1) is 18.3 Å². The summed E-state index contributed by atoms with van der Waals surface area (Å²) in [6, 6.07) is 7.93. The predicted octanol–water partition coefficient (Wildman–Crippen LogP) is 3.47. The molecular formula is C17H18N4OS. The first-order valence-electron chi connectivity index (χ1n) is 7.76. The summed E-state index contributed by atoms with van der Waals surface area (Å²) in [5.41, 5.74) is 0.709. The van der Waals surface area contributed by atoms with Gasteiger partial charge in [0.25, 0.3) is 5.91 Å². The van der Waals surface area contributed by atoms with Crippen LogP contribution in [0.2, 0.25) is 0 Å². The number of nitrogens with one attached hydrogen (secondary N) is 1. The molecule has 1 amide bonds. The number of aryl methyl sites for hydroxylation is 1. The van der Waals surface area contributed by atoms with Crippen molar-refractivity contribution in [2.24, 2.45) is 0 Å². The molecule has 0 radical (unpaired) electrons. The van der Waals surface area contributed by atoms with Crippen LogP contribution in [-0.4, -0.2) is 21.4 Å². The van der Waals surface area contributed by atoms with Crippen molar-refractivity contribution in [3.05, 3.63) is 35.0 Å². The van der Waals surface area contributed by atoms with Crippen molar-refractivity contribution in [1.82, 2.24) is 15.3 Å². The first-order valence-corrected chi connectivity index (χ1v) is 8.58. The number of carbonyl (C=O) groups excluding carboxylic acids is 1. The normalized spacial score (nSPS) is 16.5. The van der Waals surface area contributed by atoms with Gasteiger partial charge in [0.1, 0.15) is 15.4 Å². The number of carbonyl (C=O) groups is 1. The van der Waals surface area contributed by atoms with E-state index in [0.29, 0.717) is 10.6 Å². The zero-order chi connectivity index (χ0) is 16.3. The van der Waals surface area contributed by atoms with Crippen LogP contribution in [0.25, 0.3) is 10.7 Å². The third-order valence-electron chi connectivity index (χ3n) is 4.16. The van der Waals surface area contributed by atoms with Gasteiger partial charge in [0.2, 0.25) is 0 Å². The molecule has 1 aliphatic carbocycles. The summed E-state index contributed by atoms with van der Waals surface area (Å²) in [6.07, 6.45) is 6.24. The van der Waals surface area contributed by atoms with Crippen LogP contribution in [-0.2, 0) is 0 Å². The first kappa shape index (κ1) is 15.6. The highest BCUT2D eigenvalue weighted by molar-refractivity contribution is 7.17. The van der Waals surface area contributed by atoms with Crippen molar-refractivity contribution in [3.63, 3.8) is 0 Å². The molecule has 2 aromatic heterocycles. The van der Waals surface area contributed by atoms with E-state index in [1.165, 1.54) is 11.3 Å². The Morgan fingerprint density at radius 3 is 2.78 bits per heavy atom. The van der Waals surface area contributed by atoms with Gasteiger partial charge < -0.3 is 5.32 Å². The topological polar surface area (TPSA) is 78.7 Å². The molecule has 0 unspecified atom stereocenters. The van der Waals surface area contributed by atoms with Gasteiger partial charge in [-0.2, -0.15) is 5.26 Å². The minimum atomic E-state index is -0.725. The summed E-state index contributed by atoms with van der Waals surface area (Å²) in [7, 11) is 0. The fraction of sp³-hybridized carbons (Fsp3) is 0.412. The van der Waals surface area contributed by atoms with Crippen molar-refractivity contribution < 1.29 is 4.79 Å². The van der Waals surface area contributed by atoms with Gasteiger partial charge in [-0.25, -0.2) is 4.98 Å². The van der Waals surface area contributed by atoms with Gasteiger partial charge >= 0.3 is 0 Å². The smallest absolute Gasteiger partial charge is 0.264 e. The lowest BCUT2D eigenvalue weighted by Crippen LogP contribution is -2.48. The maximum atomic E-state index is 12.6. The summed E-state index contributed by atoms with van der Waals surface area (Å²) in [4.78, 5) is 21.9. The Balaban J connectivity index is 1.83. The Hall–Kier alpha value is -2.26. The van der Waals surface area contributed by atoms with E-state index in [9.17, 15) is 10.1 Å². The molecule has 2 heterocycles. The van der Waals surface area contributed by atoms with Crippen molar-refractivity contribution in [3.8, 4) is 16.8 Å². The molecule has 0 atom stereocenters. The van der Waals surface area contributed by atoms with E-state index in [1.54, 1.807) is 6.20 Å². The van der Waals surface area contributed by atoms with Gasteiger partial charge in [-0.15, -0.1) is 11.3 Å². The third-order valence-corrected chi connectivity index (χ3v) is 5.34. The molecule has 1 saturated carbocycles. The van der Waals surface area contributed by atoms with Crippen LogP contribution in [0.15, 0.2) is 24.4 Å². The number of nitrogens with zero attached hydrogens (tertiary/aromatic N) is 3. The summed E-state index contributed by atoms with van der Waals surface area (Å²) in [5, 5.41) is 13.2. The van der Waals surface area contributed by atoms with E-state index in [-0.39, 0.29) is 5.91 Å². The van der Waals surface area contributed by atoms with Crippen LogP contribution in [0.4, 0.5) is 0 Å². The Labute approximate surface area is 139 Å². The molecule has 118 valence electrons. The highest BCUT2D eigenvalue weighted by atomic mass is 32.1. The quantitative estimate of drug-likeness (QED) is 0.936. The number of nitriles is 1. The summed E-state index contributed by atoms with van der Waals surface area (Å²) in [6.45, 7) is 1.82. The summed E-state index contributed by atoms with van der Waals surface area (Å²) >= 11 is 1.32. The van der Waals surface area contributed by atoms with E-state index in [1.807, 2.05) is 25.1 Å². The number of thiazole rings is 1. The van der Waals surface area contributed by atoms with E-state index in [2.05, 4.69) is 21.4 Å². The summed E-state index contributed by atoms with van der Waals surface area (Å²) < 4.78 is 0. The second-order valence-electron chi connectivity index (χ2n) is 5.86. The molecule has 2 aromatic rings. The van der Waals surface area contributed by atoms with Gasteiger partial charge in [-0.05, 0) is 31.9 Å². The second-order valence-corrected chi connectivity index (χ2v) is 6.86. The van der Waals surface area contributed by atoms with E-state index >= 15 is 0 Å². The van der Waals surface area contributed by atoms with Gasteiger partial charge in [0.15, 0.2) is 0 Å². The molecule has 5 nitrogen and oxygen atoms in total. The number of hydrogen-bond donors (Lipinski definition) is 1. The standard InChI is InChI=1S/C17H18N4OS/c1-12-14(23-16(20-12)13-7-3-6-10-19-13)15(22)21-17(11-18)8-4-2-5-9-17/h3,6-7,10H,2,4-5,8-9H2,1H3,(H,21,22). The number of aromatic nitrogens is 2. The molecular weight excluding hydrogens is 308 g/mol. The van der Waals surface area contributed by atoms with Gasteiger partial charge in [0.05, 0.1) is 17.5 Å². The second kappa shape index (κ2) is 6.47. The van der Waals surface area contributed by atoms with E-state index in [0.717, 1.165) is 42.8 Å². The Bertz CT molecular complexity index is 742. The number of rotatable bonds is 3. The number of hydrogen-bond acceptors (Lipinski definition) is 5. The Kier molecular flexibility index (Phi) is 4.39. The van der Waals surface area contributed by atoms with E-state index < -0.39 is 5.54 Å². The average molecular weight is 326 g/mol. The zero-order valence-electron chi connectivity index (χ0n) is 13.0. The van der Waals surface area contributed by atoms with Crippen molar-refractivity contribution in [2.45, 2.75) is 44.6 Å². The summed E-state index contributed by atoms with van der Waals surface area (Å²) in [5.74, 6) is -0.203. The minimum Gasteiger partial charge on any atom is -0.333 e. The molecule has 0 spiro atoms. The van der Waals surface area contributed by atoms with Gasteiger partial charge in [-0.3, -0.25) is 9.78 Å². The van der Waals surface area contributed by atoms with Crippen LogP contribution in [0.3, 0.4) is 0 Å². The van der Waals surface area contributed by atoms with Crippen molar-refractivity contribution in [2.75, 3.05) is 0 Å². The fourth-order valence-electron chi connectivity index (χ4n) is 2.90. The highest BCUT2D eigenvalue weighted by Gasteiger charge is 2.34. The SMILES string of the molecule is Cc1nc(-c2ccccn2)sc1C(=O)NC1(C#N)CCCCC1. The van der Waals surface area contributed by atoms with Crippen LogP contribution in [0.5, 0.6) is 0 Å². The lowest BCUT2D eigenvalue weighted by molar-refractivity contribution is 0.0906. The fourth-order valence-corrected chi connectivity index (χ4v) is 3.84. The molecule has 23 heavy (non-hydrogen) atoms. The van der Waals surface area contributed by atoms with Crippen molar-refractivity contribution in [1.29, 1.82) is 5.26 Å². The maximum Gasteiger partial charge on any atom is 0.264 e. The van der Waals surface area contributed by atoms with Crippen LogP contribution >= 0.6 is 11.3 Å². The average Bonchev–Trinajstić information content (AvgIpc) is 2.98. The molecule has 0 aliphatic heterocycles. The van der Waals surface area contributed by atoms with E-state index in [4.69, 9.17) is 0 Å². The molecule has 0 aromatic carbocycles. The zero-order valence-corrected chi connectivity index (χ0v) is 13.8. The van der Waals surface area contributed by atoms with Gasteiger partial charge in [0, 0.05) is 6.20 Å². The molecule has 0 saturated heterocycles. The minimum absolute atomic E-state index is 0.203. The molecule has 0 bridgehead atoms. The lowest BCUT2D eigenvalue weighted by atomic mass is 9.83. The predicted molar refractivity (Wildman–Crippen MR) is 89.0 cm³/mol. The monoisotopic (exact) mass is 326 g/mol. The molecule has 3 rings (SSSR count). The Morgan fingerprint density at radius 2 is 2.13 bits per heavy atom. The lowest BCUT2D eigenvalue weighted by Gasteiger charge is -2.31. The molecule has 6 heteroatoms. The largest absolute Gasteiger partial charge is 0.333 e. The number of pyridine rings is 1. The van der Waals surface area contributed by atoms with Crippen LogP contribution < -0.4 is 5.32 Å². The number of amides is 1. The first-order chi connectivity index (χ1) is 11.1. The maximum absolute atomic E-state index is 12.6. The highest BCUT2D eigenvalue weighted by Crippen LogP contribution is 2.30. The molecule has 1 N–H and O–H groups in total. The third kappa shape index (κ3) is 3.25. The van der Waals surface area contributed by atoms with Crippen molar-refractivity contribution >= 4 is 17.2 Å². The molecule has 1 aliphatic rings. The molecule has 1 fully saturated rings. The van der Waals surface area contributed by atoms with Crippen LogP contribution in [0.1, 0.15) is 47.5 Å². The van der Waals surface area contributed by atoms with Gasteiger partial charge in [-0.1, -0.05) is 25.3 Å².